The molecule has 1 aromatic carbocycles. The average molecular weight is 370 g/mol. The maximum absolute atomic E-state index is 14.0. The molecule has 0 heterocycles. The molecule has 0 radical (unpaired) electrons. The third-order valence-corrected chi connectivity index (χ3v) is 2.79. The van der Waals surface area contributed by atoms with Gasteiger partial charge in [0.15, 0.2) is 5.82 Å². The molecule has 10 heteroatoms. The third kappa shape index (κ3) is 4.52. The molecule has 0 aliphatic heterocycles. The number of halogens is 6. The molecule has 0 atom stereocenters. The van der Waals surface area contributed by atoms with Crippen LogP contribution < -0.4 is 0 Å². The summed E-state index contributed by atoms with van der Waals surface area (Å²) in [5, 5.41) is 0. The monoisotopic (exact) mass is 370 g/mol. The second kappa shape index (κ2) is 8.04. The Balaban J connectivity index is 3.57. The van der Waals surface area contributed by atoms with Crippen LogP contribution in [0, 0.1) is 17.5 Å². The molecular weight excluding hydrogens is 358 g/mol. The summed E-state index contributed by atoms with van der Waals surface area (Å²) in [4.78, 5) is 23.9. The molecule has 0 aromatic heterocycles. The number of alkyl halides is 3. The highest BCUT2D eigenvalue weighted by Crippen LogP contribution is 2.36. The lowest BCUT2D eigenvalue weighted by molar-refractivity contribution is -0.142. The number of hydrogen-bond acceptors (Lipinski definition) is 4. The van der Waals surface area contributed by atoms with Crippen molar-refractivity contribution in [3.05, 3.63) is 46.5 Å². The Morgan fingerprint density at radius 1 is 1.08 bits per heavy atom. The Bertz CT molecular complexity index is 709. The predicted molar refractivity (Wildman–Crippen MR) is 72.0 cm³/mol. The summed E-state index contributed by atoms with van der Waals surface area (Å²) in [5.41, 5.74) is -5.23. The molecule has 138 valence electrons. The molecule has 0 unspecified atom stereocenters. The summed E-state index contributed by atoms with van der Waals surface area (Å²) in [6.07, 6.45) is -5.01. The number of carbonyl (C=O) groups excluding carboxylic acids is 2. The molecule has 0 saturated carbocycles. The maximum Gasteiger partial charge on any atom is 0.422 e. The minimum absolute atomic E-state index is 0.0572. The first-order valence-electron chi connectivity index (χ1n) is 6.84. The first-order valence-corrected chi connectivity index (χ1v) is 6.84. The van der Waals surface area contributed by atoms with Gasteiger partial charge in [0, 0.05) is 6.07 Å². The van der Waals surface area contributed by atoms with E-state index in [1.165, 1.54) is 13.8 Å². The van der Waals surface area contributed by atoms with Gasteiger partial charge in [-0.05, 0) is 13.8 Å². The number of esters is 1. The molecule has 1 rings (SSSR count). The van der Waals surface area contributed by atoms with Crippen LogP contribution in [0.5, 0.6) is 0 Å². The van der Waals surface area contributed by atoms with E-state index < -0.39 is 52.1 Å². The highest BCUT2D eigenvalue weighted by atomic mass is 19.4. The number of hydrogen-bond donors (Lipinski definition) is 0. The Hall–Kier alpha value is -2.52. The van der Waals surface area contributed by atoms with Crippen LogP contribution in [0.15, 0.2) is 17.9 Å². The van der Waals surface area contributed by atoms with E-state index in [1.807, 2.05) is 0 Å². The first kappa shape index (κ1) is 20.5. The Morgan fingerprint density at radius 2 is 1.68 bits per heavy atom. The molecular formula is C15H12F6O4. The molecule has 1 aromatic rings. The van der Waals surface area contributed by atoms with E-state index >= 15 is 0 Å². The van der Waals surface area contributed by atoms with Gasteiger partial charge >= 0.3 is 12.1 Å². The van der Waals surface area contributed by atoms with Gasteiger partial charge in [-0.1, -0.05) is 0 Å². The second-order valence-electron chi connectivity index (χ2n) is 4.44. The van der Waals surface area contributed by atoms with E-state index in [2.05, 4.69) is 9.47 Å². The van der Waals surface area contributed by atoms with Crippen LogP contribution in [0.4, 0.5) is 26.3 Å². The summed E-state index contributed by atoms with van der Waals surface area (Å²) in [6.45, 7) is 2.53. The van der Waals surface area contributed by atoms with Crippen molar-refractivity contribution in [2.24, 2.45) is 0 Å². The minimum atomic E-state index is -5.52. The van der Waals surface area contributed by atoms with Gasteiger partial charge < -0.3 is 9.47 Å². The molecule has 0 aliphatic rings. The van der Waals surface area contributed by atoms with Gasteiger partial charge in [-0.25, -0.2) is 18.0 Å². The fourth-order valence-corrected chi connectivity index (χ4v) is 1.76. The van der Waals surface area contributed by atoms with Gasteiger partial charge in [0.1, 0.15) is 29.0 Å². The van der Waals surface area contributed by atoms with E-state index in [-0.39, 0.29) is 19.3 Å². The highest BCUT2D eigenvalue weighted by Gasteiger charge is 2.41. The van der Waals surface area contributed by atoms with E-state index in [0.717, 1.165) is 0 Å². The number of benzene rings is 1. The van der Waals surface area contributed by atoms with Gasteiger partial charge in [-0.15, -0.1) is 0 Å². The van der Waals surface area contributed by atoms with Gasteiger partial charge in [0.25, 0.3) is 0 Å². The van der Waals surface area contributed by atoms with Crippen molar-refractivity contribution in [1.82, 2.24) is 0 Å². The van der Waals surface area contributed by atoms with Crippen LogP contribution in [-0.2, 0) is 20.4 Å². The fraction of sp³-hybridized carbons (Fsp3) is 0.333. The quantitative estimate of drug-likeness (QED) is 0.145. The number of carbonyl (C=O) groups is 2. The molecule has 0 amide bonds. The summed E-state index contributed by atoms with van der Waals surface area (Å²) in [7, 11) is 0. The fourth-order valence-electron chi connectivity index (χ4n) is 1.76. The summed E-state index contributed by atoms with van der Waals surface area (Å²) in [5.74, 6) is -9.74. The smallest absolute Gasteiger partial charge is 0.422 e. The van der Waals surface area contributed by atoms with E-state index in [0.29, 0.717) is 6.26 Å². The maximum atomic E-state index is 14.0. The van der Waals surface area contributed by atoms with Crippen LogP contribution in [0.2, 0.25) is 0 Å². The first-order chi connectivity index (χ1) is 11.6. The van der Waals surface area contributed by atoms with Gasteiger partial charge in [0.05, 0.1) is 18.8 Å². The van der Waals surface area contributed by atoms with Crippen molar-refractivity contribution < 1.29 is 45.4 Å². The van der Waals surface area contributed by atoms with Crippen molar-refractivity contribution >= 4 is 11.8 Å². The van der Waals surface area contributed by atoms with Crippen LogP contribution in [-0.4, -0.2) is 25.0 Å². The minimum Gasteiger partial charge on any atom is -0.500 e. The SMILES string of the molecule is CCOC=C(C(=O)OCC)C(=O)c1c(F)cc(F)c(C(F)(F)F)c1F. The zero-order chi connectivity index (χ0) is 19.4. The zero-order valence-electron chi connectivity index (χ0n) is 13.0. The van der Waals surface area contributed by atoms with Crippen LogP contribution in [0.1, 0.15) is 29.8 Å². The number of ether oxygens (including phenoxy) is 2. The Morgan fingerprint density at radius 3 is 2.16 bits per heavy atom. The van der Waals surface area contributed by atoms with Crippen molar-refractivity contribution in [3.8, 4) is 0 Å². The highest BCUT2D eigenvalue weighted by molar-refractivity contribution is 6.24. The van der Waals surface area contributed by atoms with E-state index in [9.17, 15) is 35.9 Å². The van der Waals surface area contributed by atoms with Gasteiger partial charge in [-0.2, -0.15) is 13.2 Å². The topological polar surface area (TPSA) is 52.6 Å². The van der Waals surface area contributed by atoms with Crippen molar-refractivity contribution in [1.29, 1.82) is 0 Å². The second-order valence-corrected chi connectivity index (χ2v) is 4.44. The zero-order valence-corrected chi connectivity index (χ0v) is 13.0. The lowest BCUT2D eigenvalue weighted by atomic mass is 9.99. The number of rotatable bonds is 6. The van der Waals surface area contributed by atoms with Gasteiger partial charge in [-0.3, -0.25) is 4.79 Å². The van der Waals surface area contributed by atoms with Crippen LogP contribution in [0.25, 0.3) is 0 Å². The lowest BCUT2D eigenvalue weighted by Crippen LogP contribution is -2.22. The average Bonchev–Trinajstić information content (AvgIpc) is 2.45. The summed E-state index contributed by atoms with van der Waals surface area (Å²) >= 11 is 0. The number of Topliss-reactive ketones (excluding diaryl/α,β-unsaturated/α-hetero) is 1. The summed E-state index contributed by atoms with van der Waals surface area (Å²) < 4.78 is 88.4. The molecule has 4 nitrogen and oxygen atoms in total. The van der Waals surface area contributed by atoms with E-state index in [4.69, 9.17) is 0 Å². The molecule has 0 bridgehead atoms. The largest absolute Gasteiger partial charge is 0.500 e. The number of ketones is 1. The van der Waals surface area contributed by atoms with Gasteiger partial charge in [0.2, 0.25) is 5.78 Å². The molecule has 0 spiro atoms. The normalized spacial score (nSPS) is 12.1. The summed E-state index contributed by atoms with van der Waals surface area (Å²) in [6, 6.07) is -0.289. The predicted octanol–water partition coefficient (Wildman–Crippen LogP) is 3.79. The third-order valence-electron chi connectivity index (χ3n) is 2.79. The van der Waals surface area contributed by atoms with Crippen molar-refractivity contribution in [2.75, 3.05) is 13.2 Å². The molecule has 0 fully saturated rings. The van der Waals surface area contributed by atoms with Crippen molar-refractivity contribution in [3.63, 3.8) is 0 Å². The molecule has 0 saturated heterocycles. The Kier molecular flexibility index (Phi) is 6.60. The molecule has 0 aliphatic carbocycles. The lowest BCUT2D eigenvalue weighted by Gasteiger charge is -2.13. The van der Waals surface area contributed by atoms with E-state index in [1.54, 1.807) is 0 Å². The standard InChI is InChI=1S/C15H12F6O4/c1-3-24-6-7(14(23)25-4-2)13(22)10-8(16)5-9(17)11(12(10)18)15(19,20)21/h5-6H,3-4H2,1-2H3. The van der Waals surface area contributed by atoms with Crippen molar-refractivity contribution in [2.45, 2.75) is 20.0 Å². The van der Waals surface area contributed by atoms with Crippen LogP contribution in [0.3, 0.4) is 0 Å². The molecule has 0 N–H and O–H groups in total. The Labute approximate surface area is 138 Å². The molecule has 25 heavy (non-hydrogen) atoms. The van der Waals surface area contributed by atoms with Crippen LogP contribution >= 0.6 is 0 Å².